The molecule has 0 aliphatic carbocycles. The van der Waals surface area contributed by atoms with Gasteiger partial charge in [0, 0.05) is 38.0 Å². The Balaban J connectivity index is 1.23. The summed E-state index contributed by atoms with van der Waals surface area (Å²) in [7, 11) is 1.58. The Labute approximate surface area is 273 Å². The van der Waals surface area contributed by atoms with Gasteiger partial charge in [-0.2, -0.15) is 5.10 Å². The van der Waals surface area contributed by atoms with Gasteiger partial charge in [-0.15, -0.1) is 0 Å². The van der Waals surface area contributed by atoms with Gasteiger partial charge in [0.1, 0.15) is 28.6 Å². The molecule has 4 bridgehead atoms. The molecule has 2 aromatic carbocycles. The molecule has 244 valence electrons. The SMILES string of the molecule is CC(C)COc1cc2cc(c1)C(=O)N(C)CC(=O)N[C@H]1CCN(C(=O)c3cc(-c4ccccn4)n[nH]3)C[C@@H]1OCc1cccc(c1)O2. The van der Waals surface area contributed by atoms with Crippen LogP contribution < -0.4 is 14.8 Å². The highest BCUT2D eigenvalue weighted by Gasteiger charge is 2.35. The molecule has 0 spiro atoms. The number of rotatable bonds is 5. The number of benzene rings is 2. The van der Waals surface area contributed by atoms with Gasteiger partial charge in [-0.1, -0.05) is 32.0 Å². The molecule has 12 heteroatoms. The lowest BCUT2D eigenvalue weighted by atomic mass is 10.0. The smallest absolute Gasteiger partial charge is 0.271 e. The van der Waals surface area contributed by atoms with E-state index in [2.05, 4.69) is 20.5 Å². The summed E-state index contributed by atoms with van der Waals surface area (Å²) in [6, 6.07) is 19.3. The van der Waals surface area contributed by atoms with Gasteiger partial charge >= 0.3 is 0 Å². The summed E-state index contributed by atoms with van der Waals surface area (Å²) >= 11 is 0. The van der Waals surface area contributed by atoms with Crippen molar-refractivity contribution in [3.05, 3.63) is 89.7 Å². The van der Waals surface area contributed by atoms with E-state index in [1.165, 1.54) is 4.90 Å². The number of amides is 3. The summed E-state index contributed by atoms with van der Waals surface area (Å²) in [5.74, 6) is 0.897. The number of ether oxygens (including phenoxy) is 3. The lowest BCUT2D eigenvalue weighted by Gasteiger charge is -2.38. The van der Waals surface area contributed by atoms with Gasteiger partial charge in [0.2, 0.25) is 5.91 Å². The van der Waals surface area contributed by atoms with Crippen molar-refractivity contribution < 1.29 is 28.6 Å². The highest BCUT2D eigenvalue weighted by molar-refractivity contribution is 5.97. The predicted octanol–water partition coefficient (Wildman–Crippen LogP) is 4.30. The molecule has 1 fully saturated rings. The van der Waals surface area contributed by atoms with Crippen LogP contribution in [0.15, 0.2) is 72.9 Å². The van der Waals surface area contributed by atoms with Crippen LogP contribution >= 0.6 is 0 Å². The van der Waals surface area contributed by atoms with Crippen LogP contribution in [0, 0.1) is 5.92 Å². The fourth-order valence-corrected chi connectivity index (χ4v) is 5.58. The Morgan fingerprint density at radius 2 is 1.91 bits per heavy atom. The molecule has 2 aromatic heterocycles. The van der Waals surface area contributed by atoms with Crippen LogP contribution in [0.25, 0.3) is 11.4 Å². The number of hydrogen-bond donors (Lipinski definition) is 2. The zero-order valence-electron chi connectivity index (χ0n) is 26.6. The topological polar surface area (TPSA) is 139 Å². The average Bonchev–Trinajstić information content (AvgIpc) is 3.57. The minimum absolute atomic E-state index is 0.165. The largest absolute Gasteiger partial charge is 0.493 e. The molecule has 3 amide bonds. The summed E-state index contributed by atoms with van der Waals surface area (Å²) < 4.78 is 18.5. The van der Waals surface area contributed by atoms with Crippen LogP contribution in [0.3, 0.4) is 0 Å². The van der Waals surface area contributed by atoms with Crippen LogP contribution in [0.1, 0.15) is 46.7 Å². The van der Waals surface area contributed by atoms with E-state index < -0.39 is 6.10 Å². The Morgan fingerprint density at radius 3 is 2.72 bits per heavy atom. The molecule has 12 nitrogen and oxygen atoms in total. The molecular formula is C35H38N6O6. The number of likely N-dealkylation sites (tertiary alicyclic amines) is 1. The number of pyridine rings is 1. The van der Waals surface area contributed by atoms with E-state index in [4.69, 9.17) is 14.2 Å². The molecule has 47 heavy (non-hydrogen) atoms. The van der Waals surface area contributed by atoms with E-state index >= 15 is 0 Å². The molecule has 0 unspecified atom stereocenters. The van der Waals surface area contributed by atoms with Gasteiger partial charge in [0.05, 0.1) is 37.6 Å². The van der Waals surface area contributed by atoms with E-state index in [-0.39, 0.29) is 49.4 Å². The van der Waals surface area contributed by atoms with Gasteiger partial charge < -0.3 is 29.3 Å². The molecule has 0 saturated carbocycles. The van der Waals surface area contributed by atoms with Gasteiger partial charge in [0.15, 0.2) is 0 Å². The predicted molar refractivity (Wildman–Crippen MR) is 173 cm³/mol. The highest BCUT2D eigenvalue weighted by atomic mass is 16.5. The number of likely N-dealkylation sites (N-methyl/N-ethyl adjacent to an activating group) is 1. The number of carbonyl (C=O) groups excluding carboxylic acids is 3. The molecule has 2 atom stereocenters. The van der Waals surface area contributed by atoms with Crippen molar-refractivity contribution in [3.8, 4) is 28.6 Å². The Morgan fingerprint density at radius 1 is 1.04 bits per heavy atom. The molecule has 1 saturated heterocycles. The highest BCUT2D eigenvalue weighted by Crippen LogP contribution is 2.30. The second-order valence-electron chi connectivity index (χ2n) is 12.3. The van der Waals surface area contributed by atoms with Gasteiger partial charge in [-0.3, -0.25) is 24.5 Å². The van der Waals surface area contributed by atoms with Crippen LogP contribution in [0.2, 0.25) is 0 Å². The van der Waals surface area contributed by atoms with Crippen LogP contribution in [-0.4, -0.2) is 88.1 Å². The molecule has 4 aromatic rings. The fraction of sp³-hybridized carbons (Fsp3) is 0.343. The maximum absolute atomic E-state index is 13.5. The summed E-state index contributed by atoms with van der Waals surface area (Å²) in [5.41, 5.74) is 2.76. The molecule has 2 aliphatic heterocycles. The monoisotopic (exact) mass is 638 g/mol. The first-order chi connectivity index (χ1) is 22.7. The van der Waals surface area contributed by atoms with Crippen molar-refractivity contribution in [2.24, 2.45) is 5.92 Å². The first-order valence-electron chi connectivity index (χ1n) is 15.7. The Hall–Kier alpha value is -5.23. The second-order valence-corrected chi connectivity index (χ2v) is 12.3. The summed E-state index contributed by atoms with van der Waals surface area (Å²) in [6.45, 7) is 5.26. The third kappa shape index (κ3) is 7.78. The zero-order valence-corrected chi connectivity index (χ0v) is 26.6. The van der Waals surface area contributed by atoms with E-state index in [0.717, 1.165) is 5.56 Å². The quantitative estimate of drug-likeness (QED) is 0.330. The summed E-state index contributed by atoms with van der Waals surface area (Å²) in [4.78, 5) is 47.7. The van der Waals surface area contributed by atoms with Crippen molar-refractivity contribution in [2.75, 3.05) is 33.3 Å². The third-order valence-electron chi connectivity index (χ3n) is 7.96. The molecule has 2 N–H and O–H groups in total. The van der Waals surface area contributed by atoms with Crippen LogP contribution in [0.5, 0.6) is 17.2 Å². The molecule has 4 heterocycles. The minimum atomic E-state index is -0.512. The number of nitrogens with one attached hydrogen (secondary N) is 2. The minimum Gasteiger partial charge on any atom is -0.493 e. The molecule has 2 aliphatic rings. The summed E-state index contributed by atoms with van der Waals surface area (Å²) in [5, 5.41) is 10.2. The fourth-order valence-electron chi connectivity index (χ4n) is 5.58. The lowest BCUT2D eigenvalue weighted by Crippen LogP contribution is -2.57. The van der Waals surface area contributed by atoms with Crippen molar-refractivity contribution in [1.82, 2.24) is 30.3 Å². The number of hydrogen-bond acceptors (Lipinski definition) is 8. The number of fused-ring (bicyclic) bond motifs is 5. The first kappa shape index (κ1) is 31.7. The molecule has 0 radical (unpaired) electrons. The van der Waals surface area contributed by atoms with Crippen molar-refractivity contribution in [1.29, 1.82) is 0 Å². The maximum atomic E-state index is 13.5. The third-order valence-corrected chi connectivity index (χ3v) is 7.96. The standard InChI is InChI=1S/C35H38N6O6/c1-22(2)20-45-26-14-24-15-27(16-26)47-25-8-6-7-23(13-25)21-46-32-18-41(12-10-29(32)37-33(42)19-40(3)34(24)43)35(44)31-17-30(38-39-31)28-9-4-5-11-36-28/h4-9,11,13-17,22,29,32H,10,12,18-21H2,1-3H3,(H,37,42)(H,38,39)/t29-,32-/m0/s1. The van der Waals surface area contributed by atoms with Crippen LogP contribution in [-0.2, 0) is 16.1 Å². The maximum Gasteiger partial charge on any atom is 0.271 e. The number of piperidine rings is 1. The number of carbonyl (C=O) groups is 3. The van der Waals surface area contributed by atoms with E-state index in [0.29, 0.717) is 59.5 Å². The van der Waals surface area contributed by atoms with Crippen molar-refractivity contribution in [2.45, 2.75) is 39.0 Å². The van der Waals surface area contributed by atoms with Gasteiger partial charge in [-0.05, 0) is 60.4 Å². The zero-order chi connectivity index (χ0) is 32.9. The number of nitrogens with zero attached hydrogens (tertiary/aromatic N) is 4. The second kappa shape index (κ2) is 14.0. The first-order valence-corrected chi connectivity index (χ1v) is 15.7. The number of aromatic nitrogens is 3. The van der Waals surface area contributed by atoms with Gasteiger partial charge in [0.25, 0.3) is 11.8 Å². The number of H-pyrrole nitrogens is 1. The van der Waals surface area contributed by atoms with E-state index in [1.54, 1.807) is 42.4 Å². The average molecular weight is 639 g/mol. The normalized spacial score (nSPS) is 18.7. The Bertz CT molecular complexity index is 1740. The lowest BCUT2D eigenvalue weighted by molar-refractivity contribution is -0.124. The summed E-state index contributed by atoms with van der Waals surface area (Å²) in [6.07, 6.45) is 1.62. The number of aromatic amines is 1. The Kier molecular flexibility index (Phi) is 9.48. The van der Waals surface area contributed by atoms with E-state index in [1.807, 2.05) is 56.3 Å². The van der Waals surface area contributed by atoms with Gasteiger partial charge in [-0.25, -0.2) is 0 Å². The van der Waals surface area contributed by atoms with Crippen molar-refractivity contribution >= 4 is 17.7 Å². The molecule has 6 rings (SSSR count). The van der Waals surface area contributed by atoms with E-state index in [9.17, 15) is 14.4 Å². The molecular weight excluding hydrogens is 600 g/mol. The van der Waals surface area contributed by atoms with Crippen LogP contribution in [0.4, 0.5) is 0 Å². The van der Waals surface area contributed by atoms with Crippen molar-refractivity contribution in [3.63, 3.8) is 0 Å².